The first-order valence-corrected chi connectivity index (χ1v) is 8.21. The van der Waals surface area contributed by atoms with Crippen molar-refractivity contribution in [3.8, 4) is 0 Å². The molecule has 1 aromatic rings. The predicted octanol–water partition coefficient (Wildman–Crippen LogP) is 1.27. The van der Waals surface area contributed by atoms with Gasteiger partial charge in [0.15, 0.2) is 0 Å². The summed E-state index contributed by atoms with van der Waals surface area (Å²) in [7, 11) is 3.09. The molecule has 2 amide bonds. The van der Waals surface area contributed by atoms with Crippen molar-refractivity contribution in [3.63, 3.8) is 0 Å². The molecule has 122 valence electrons. The largest absolute Gasteiger partial charge is 0.349 e. The quantitative estimate of drug-likeness (QED) is 0.828. The number of piperidine rings is 1. The first-order valence-electron chi connectivity index (χ1n) is 7.40. The lowest BCUT2D eigenvalue weighted by molar-refractivity contribution is -0.170. The Hall–Kier alpha value is -1.44. The van der Waals surface area contributed by atoms with Crippen molar-refractivity contribution in [2.24, 2.45) is 0 Å². The summed E-state index contributed by atoms with van der Waals surface area (Å²) in [6.45, 7) is 3.96. The standard InChI is InChI=1S/C15H23N3O3S/c1-11-4-5-13(22-11)15(20)16-12-6-8-18(9-7-12)10-14(19)17(2)21-3/h4-5,12H,6-10H2,1-3H3,(H,16,20). The number of carbonyl (C=O) groups is 2. The maximum absolute atomic E-state index is 12.1. The van der Waals surface area contributed by atoms with E-state index >= 15 is 0 Å². The van der Waals surface area contributed by atoms with E-state index in [1.165, 1.54) is 23.5 Å². The number of nitrogens with zero attached hydrogens (tertiary/aromatic N) is 2. The number of thiophene rings is 1. The van der Waals surface area contributed by atoms with Crippen LogP contribution in [0, 0.1) is 6.92 Å². The topological polar surface area (TPSA) is 61.9 Å². The summed E-state index contributed by atoms with van der Waals surface area (Å²) in [6, 6.07) is 4.01. The van der Waals surface area contributed by atoms with Gasteiger partial charge >= 0.3 is 0 Å². The zero-order valence-corrected chi connectivity index (χ0v) is 14.1. The molecule has 0 saturated carbocycles. The average molecular weight is 325 g/mol. The lowest BCUT2D eigenvalue weighted by Gasteiger charge is -2.32. The number of carbonyl (C=O) groups excluding carboxylic acids is 2. The van der Waals surface area contributed by atoms with Crippen molar-refractivity contribution in [1.29, 1.82) is 0 Å². The van der Waals surface area contributed by atoms with Crippen LogP contribution in [0.5, 0.6) is 0 Å². The summed E-state index contributed by atoms with van der Waals surface area (Å²) in [5, 5.41) is 4.32. The molecular formula is C15H23N3O3S. The molecule has 0 unspecified atom stereocenters. The van der Waals surface area contributed by atoms with Crippen molar-refractivity contribution in [2.45, 2.75) is 25.8 Å². The van der Waals surface area contributed by atoms with Gasteiger partial charge in [-0.05, 0) is 31.9 Å². The van der Waals surface area contributed by atoms with Gasteiger partial charge in [-0.15, -0.1) is 11.3 Å². The molecule has 7 heteroatoms. The first kappa shape index (κ1) is 16.9. The van der Waals surface area contributed by atoms with Crippen molar-refractivity contribution in [3.05, 3.63) is 21.9 Å². The van der Waals surface area contributed by atoms with Crippen LogP contribution in [0.1, 0.15) is 27.4 Å². The van der Waals surface area contributed by atoms with E-state index in [0.717, 1.165) is 35.7 Å². The number of rotatable bonds is 5. The van der Waals surface area contributed by atoms with E-state index in [2.05, 4.69) is 10.2 Å². The minimum Gasteiger partial charge on any atom is -0.349 e. The maximum Gasteiger partial charge on any atom is 0.261 e. The van der Waals surface area contributed by atoms with Crippen LogP contribution < -0.4 is 5.32 Å². The van der Waals surface area contributed by atoms with E-state index in [0.29, 0.717) is 6.54 Å². The Bertz CT molecular complexity index is 524. The summed E-state index contributed by atoms with van der Waals surface area (Å²) < 4.78 is 0. The van der Waals surface area contributed by atoms with Gasteiger partial charge in [0.1, 0.15) is 0 Å². The highest BCUT2D eigenvalue weighted by atomic mass is 32.1. The van der Waals surface area contributed by atoms with Gasteiger partial charge in [-0.1, -0.05) is 0 Å². The predicted molar refractivity (Wildman–Crippen MR) is 85.8 cm³/mol. The van der Waals surface area contributed by atoms with Crippen LogP contribution in [0.15, 0.2) is 12.1 Å². The minimum absolute atomic E-state index is 0.00624. The summed E-state index contributed by atoms with van der Waals surface area (Å²) in [5.41, 5.74) is 0. The van der Waals surface area contributed by atoms with E-state index in [1.54, 1.807) is 7.05 Å². The number of likely N-dealkylation sites (N-methyl/N-ethyl adjacent to an activating group) is 1. The molecule has 0 bridgehead atoms. The molecule has 0 aromatic carbocycles. The van der Waals surface area contributed by atoms with Gasteiger partial charge in [-0.3, -0.25) is 19.3 Å². The molecule has 1 aliphatic heterocycles. The molecule has 1 N–H and O–H groups in total. The zero-order valence-electron chi connectivity index (χ0n) is 13.3. The van der Waals surface area contributed by atoms with E-state index in [9.17, 15) is 9.59 Å². The normalized spacial score (nSPS) is 16.5. The molecule has 1 aromatic heterocycles. The van der Waals surface area contributed by atoms with Gasteiger partial charge in [-0.25, -0.2) is 5.06 Å². The Labute approximate surface area is 135 Å². The minimum atomic E-state index is -0.0564. The second kappa shape index (κ2) is 7.71. The van der Waals surface area contributed by atoms with Crippen LogP contribution in [0.2, 0.25) is 0 Å². The Morgan fingerprint density at radius 3 is 2.64 bits per heavy atom. The van der Waals surface area contributed by atoms with E-state index < -0.39 is 0 Å². The van der Waals surface area contributed by atoms with E-state index in [1.807, 2.05) is 19.1 Å². The second-order valence-corrected chi connectivity index (χ2v) is 6.80. The SMILES string of the molecule is CON(C)C(=O)CN1CCC(NC(=O)c2ccc(C)s2)CC1. The van der Waals surface area contributed by atoms with Crippen molar-refractivity contribution in [1.82, 2.24) is 15.3 Å². The van der Waals surface area contributed by atoms with Crippen molar-refractivity contribution < 1.29 is 14.4 Å². The fourth-order valence-corrected chi connectivity index (χ4v) is 3.21. The Morgan fingerprint density at radius 1 is 1.41 bits per heavy atom. The highest BCUT2D eigenvalue weighted by Gasteiger charge is 2.23. The number of hydroxylamine groups is 2. The Balaban J connectivity index is 1.75. The van der Waals surface area contributed by atoms with Crippen LogP contribution in [-0.4, -0.2) is 61.6 Å². The van der Waals surface area contributed by atoms with Crippen LogP contribution in [-0.2, 0) is 9.63 Å². The van der Waals surface area contributed by atoms with E-state index in [-0.39, 0.29) is 17.9 Å². The molecule has 22 heavy (non-hydrogen) atoms. The summed E-state index contributed by atoms with van der Waals surface area (Å²) >= 11 is 1.51. The molecule has 0 aliphatic carbocycles. The zero-order chi connectivity index (χ0) is 16.1. The van der Waals surface area contributed by atoms with Crippen LogP contribution in [0.3, 0.4) is 0 Å². The molecule has 6 nitrogen and oxygen atoms in total. The van der Waals surface area contributed by atoms with Crippen LogP contribution >= 0.6 is 11.3 Å². The van der Waals surface area contributed by atoms with Crippen LogP contribution in [0.4, 0.5) is 0 Å². The van der Waals surface area contributed by atoms with E-state index in [4.69, 9.17) is 4.84 Å². The number of aryl methyl sites for hydroxylation is 1. The molecule has 1 aliphatic rings. The Morgan fingerprint density at radius 2 is 2.09 bits per heavy atom. The molecule has 0 atom stereocenters. The Kier molecular flexibility index (Phi) is 5.93. The number of likely N-dealkylation sites (tertiary alicyclic amines) is 1. The third kappa shape index (κ3) is 4.53. The summed E-state index contributed by atoms with van der Waals surface area (Å²) in [4.78, 5) is 32.8. The fraction of sp³-hybridized carbons (Fsp3) is 0.600. The third-order valence-electron chi connectivity index (χ3n) is 3.87. The smallest absolute Gasteiger partial charge is 0.261 e. The molecular weight excluding hydrogens is 302 g/mol. The average Bonchev–Trinajstić information content (AvgIpc) is 2.95. The van der Waals surface area contributed by atoms with Crippen molar-refractivity contribution >= 4 is 23.2 Å². The molecule has 0 spiro atoms. The lowest BCUT2D eigenvalue weighted by atomic mass is 10.0. The van der Waals surface area contributed by atoms with Gasteiger partial charge in [-0.2, -0.15) is 0 Å². The highest BCUT2D eigenvalue weighted by molar-refractivity contribution is 7.13. The molecule has 1 fully saturated rings. The van der Waals surface area contributed by atoms with Crippen molar-refractivity contribution in [2.75, 3.05) is 33.8 Å². The second-order valence-electron chi connectivity index (χ2n) is 5.51. The molecule has 2 rings (SSSR count). The first-order chi connectivity index (χ1) is 10.5. The molecule has 1 saturated heterocycles. The van der Waals surface area contributed by atoms with Gasteiger partial charge in [0.2, 0.25) is 0 Å². The monoisotopic (exact) mass is 325 g/mol. The number of nitrogens with one attached hydrogen (secondary N) is 1. The molecule has 2 heterocycles. The number of hydrogen-bond donors (Lipinski definition) is 1. The fourth-order valence-electron chi connectivity index (χ4n) is 2.44. The number of hydrogen-bond acceptors (Lipinski definition) is 5. The van der Waals surface area contributed by atoms with Gasteiger partial charge in [0, 0.05) is 31.1 Å². The summed E-state index contributed by atoms with van der Waals surface area (Å²) in [6.07, 6.45) is 1.72. The van der Waals surface area contributed by atoms with Gasteiger partial charge in [0.05, 0.1) is 18.5 Å². The lowest BCUT2D eigenvalue weighted by Crippen LogP contribution is -2.47. The highest BCUT2D eigenvalue weighted by Crippen LogP contribution is 2.16. The molecule has 0 radical (unpaired) electrons. The number of amides is 2. The maximum atomic E-state index is 12.1. The van der Waals surface area contributed by atoms with Gasteiger partial charge < -0.3 is 5.32 Å². The summed E-state index contributed by atoms with van der Waals surface area (Å²) in [5.74, 6) is -0.0502. The van der Waals surface area contributed by atoms with Crippen LogP contribution in [0.25, 0.3) is 0 Å². The third-order valence-corrected chi connectivity index (χ3v) is 4.87. The van der Waals surface area contributed by atoms with Gasteiger partial charge in [0.25, 0.3) is 11.8 Å².